The van der Waals surface area contributed by atoms with Crippen LogP contribution < -0.4 is 4.90 Å². The van der Waals surface area contributed by atoms with Crippen LogP contribution in [0.15, 0.2) is 18.2 Å². The molecule has 1 saturated heterocycles. The Kier molecular flexibility index (Phi) is 2.56. The van der Waals surface area contributed by atoms with Gasteiger partial charge in [-0.1, -0.05) is 6.07 Å². The summed E-state index contributed by atoms with van der Waals surface area (Å²) in [6.45, 7) is 0.402. The molecule has 1 heterocycles. The van der Waals surface area contributed by atoms with Crippen LogP contribution in [0.25, 0.3) is 0 Å². The molecule has 0 aliphatic carbocycles. The minimum absolute atomic E-state index is 0.0554. The van der Waals surface area contributed by atoms with Crippen LogP contribution in [-0.4, -0.2) is 22.8 Å². The molecule has 1 amide bonds. The lowest BCUT2D eigenvalue weighted by Crippen LogP contribution is -2.24. The Morgan fingerprint density at radius 2 is 2.27 bits per heavy atom. The third-order valence-electron chi connectivity index (χ3n) is 2.36. The third kappa shape index (κ3) is 1.79. The molecule has 0 bridgehead atoms. The molecule has 80 valence electrons. The van der Waals surface area contributed by atoms with E-state index in [1.165, 1.54) is 17.0 Å². The van der Waals surface area contributed by atoms with Crippen molar-refractivity contribution in [1.82, 2.24) is 0 Å². The van der Waals surface area contributed by atoms with Crippen molar-refractivity contribution in [1.29, 1.82) is 0 Å². The summed E-state index contributed by atoms with van der Waals surface area (Å²) in [7, 11) is 0. The van der Waals surface area contributed by atoms with Crippen molar-refractivity contribution in [3.05, 3.63) is 24.0 Å². The van der Waals surface area contributed by atoms with E-state index in [4.69, 9.17) is 0 Å². The molecule has 0 radical (unpaired) electrons. The summed E-state index contributed by atoms with van der Waals surface area (Å²) in [6, 6.07) is 4.13. The number of amides is 1. The Balaban J connectivity index is 2.38. The van der Waals surface area contributed by atoms with Gasteiger partial charge < -0.3 is 10.0 Å². The molecule has 1 aromatic rings. The number of benzene rings is 1. The number of rotatable bonds is 1. The first-order valence-corrected chi connectivity index (χ1v) is 5.07. The van der Waals surface area contributed by atoms with Crippen LogP contribution in [-0.2, 0) is 4.79 Å². The molecule has 3 nitrogen and oxygen atoms in total. The number of aromatic hydroxyl groups is 1. The minimum atomic E-state index is -0.720. The number of phenolic OH excluding ortho intramolecular Hbond substituents is 1. The number of halogens is 1. The molecule has 1 aromatic carbocycles. The average molecular weight is 227 g/mol. The molecule has 0 saturated carbocycles. The maximum absolute atomic E-state index is 13.0. The summed E-state index contributed by atoms with van der Waals surface area (Å²) in [4.78, 5) is 12.8. The lowest BCUT2D eigenvalue weighted by Gasteiger charge is -2.17. The van der Waals surface area contributed by atoms with Gasteiger partial charge in [-0.05, 0) is 12.1 Å². The highest BCUT2D eigenvalue weighted by Gasteiger charge is 2.30. The van der Waals surface area contributed by atoms with E-state index in [1.807, 2.05) is 0 Å². The SMILES string of the molecule is O=C1CC(S)CN1c1cccc(F)c1O. The molecule has 1 aliphatic rings. The predicted octanol–water partition coefficient (Wildman–Crippen LogP) is 1.57. The zero-order chi connectivity index (χ0) is 11.0. The van der Waals surface area contributed by atoms with E-state index in [2.05, 4.69) is 12.6 Å². The first kappa shape index (κ1) is 10.3. The number of phenols is 1. The number of carbonyl (C=O) groups excluding carboxylic acids is 1. The van der Waals surface area contributed by atoms with Gasteiger partial charge in [0, 0.05) is 18.2 Å². The summed E-state index contributed by atoms with van der Waals surface area (Å²) in [5.41, 5.74) is 0.219. The fourth-order valence-corrected chi connectivity index (χ4v) is 1.96. The van der Waals surface area contributed by atoms with E-state index in [-0.39, 0.29) is 16.8 Å². The standard InChI is InChI=1S/C10H10FNO2S/c11-7-2-1-3-8(10(7)14)12-5-6(15)4-9(12)13/h1-3,6,14-15H,4-5H2. The molecule has 5 heteroatoms. The van der Waals surface area contributed by atoms with E-state index in [9.17, 15) is 14.3 Å². The maximum Gasteiger partial charge on any atom is 0.228 e. The highest BCUT2D eigenvalue weighted by Crippen LogP contribution is 2.33. The highest BCUT2D eigenvalue weighted by molar-refractivity contribution is 7.81. The molecule has 1 unspecified atom stereocenters. The van der Waals surface area contributed by atoms with Gasteiger partial charge in [-0.15, -0.1) is 0 Å². The largest absolute Gasteiger partial charge is 0.503 e. The summed E-state index contributed by atoms with van der Waals surface area (Å²) in [6.07, 6.45) is 0.319. The summed E-state index contributed by atoms with van der Waals surface area (Å²) in [5.74, 6) is -1.34. The van der Waals surface area contributed by atoms with Gasteiger partial charge in [-0.25, -0.2) is 4.39 Å². The van der Waals surface area contributed by atoms with Crippen molar-refractivity contribution in [2.24, 2.45) is 0 Å². The van der Waals surface area contributed by atoms with Crippen LogP contribution in [0.1, 0.15) is 6.42 Å². The highest BCUT2D eigenvalue weighted by atomic mass is 32.1. The summed E-state index contributed by atoms with van der Waals surface area (Å²) >= 11 is 4.18. The van der Waals surface area contributed by atoms with Crippen LogP contribution in [0, 0.1) is 5.82 Å². The fraction of sp³-hybridized carbons (Fsp3) is 0.300. The smallest absolute Gasteiger partial charge is 0.228 e. The van der Waals surface area contributed by atoms with E-state index < -0.39 is 11.6 Å². The zero-order valence-corrected chi connectivity index (χ0v) is 8.75. The molecule has 15 heavy (non-hydrogen) atoms. The van der Waals surface area contributed by atoms with Crippen molar-refractivity contribution in [3.63, 3.8) is 0 Å². The number of hydrogen-bond acceptors (Lipinski definition) is 3. The molecule has 2 rings (SSSR count). The Morgan fingerprint density at radius 1 is 1.53 bits per heavy atom. The second-order valence-corrected chi connectivity index (χ2v) is 4.20. The van der Waals surface area contributed by atoms with Gasteiger partial charge in [-0.2, -0.15) is 12.6 Å². The van der Waals surface area contributed by atoms with Crippen LogP contribution in [0.5, 0.6) is 5.75 Å². The van der Waals surface area contributed by atoms with E-state index >= 15 is 0 Å². The predicted molar refractivity (Wildman–Crippen MR) is 57.8 cm³/mol. The van der Waals surface area contributed by atoms with Gasteiger partial charge in [0.25, 0.3) is 0 Å². The maximum atomic E-state index is 13.0. The van der Waals surface area contributed by atoms with Gasteiger partial charge in [0.05, 0.1) is 5.69 Å². The Bertz CT molecular complexity index is 410. The van der Waals surface area contributed by atoms with E-state index in [0.717, 1.165) is 6.07 Å². The average Bonchev–Trinajstić information content (AvgIpc) is 2.50. The molecule has 1 N–H and O–H groups in total. The quantitative estimate of drug-likeness (QED) is 0.715. The van der Waals surface area contributed by atoms with Gasteiger partial charge in [-0.3, -0.25) is 4.79 Å². The number of thiol groups is 1. The van der Waals surface area contributed by atoms with E-state index in [0.29, 0.717) is 13.0 Å². The number of nitrogens with zero attached hydrogens (tertiary/aromatic N) is 1. The molecule has 0 spiro atoms. The summed E-state index contributed by atoms with van der Waals surface area (Å²) < 4.78 is 13.0. The van der Waals surface area contributed by atoms with Gasteiger partial charge in [0.2, 0.25) is 5.91 Å². The Morgan fingerprint density at radius 3 is 2.87 bits per heavy atom. The number of hydrogen-bond donors (Lipinski definition) is 2. The molecule has 1 aliphatic heterocycles. The Hall–Kier alpha value is -1.23. The van der Waals surface area contributed by atoms with Crippen molar-refractivity contribution in [2.45, 2.75) is 11.7 Å². The van der Waals surface area contributed by atoms with Crippen LogP contribution in [0.3, 0.4) is 0 Å². The molecular formula is C10H10FNO2S. The lowest BCUT2D eigenvalue weighted by atomic mass is 10.2. The van der Waals surface area contributed by atoms with E-state index in [1.54, 1.807) is 0 Å². The second-order valence-electron chi connectivity index (χ2n) is 3.47. The monoisotopic (exact) mass is 227 g/mol. The second kappa shape index (κ2) is 3.73. The molecule has 1 atom stereocenters. The van der Waals surface area contributed by atoms with Crippen molar-refractivity contribution in [2.75, 3.05) is 11.4 Å². The zero-order valence-electron chi connectivity index (χ0n) is 7.85. The number of para-hydroxylation sites is 1. The number of anilines is 1. The Labute approximate surface area is 91.9 Å². The molecular weight excluding hydrogens is 217 g/mol. The van der Waals surface area contributed by atoms with Gasteiger partial charge in [0.1, 0.15) is 0 Å². The van der Waals surface area contributed by atoms with Gasteiger partial charge >= 0.3 is 0 Å². The van der Waals surface area contributed by atoms with Crippen LogP contribution in [0.4, 0.5) is 10.1 Å². The summed E-state index contributed by atoms with van der Waals surface area (Å²) in [5, 5.41) is 9.41. The normalized spacial score (nSPS) is 21.1. The lowest BCUT2D eigenvalue weighted by molar-refractivity contribution is -0.117. The molecule has 1 fully saturated rings. The van der Waals surface area contributed by atoms with Crippen molar-refractivity contribution < 1.29 is 14.3 Å². The third-order valence-corrected chi connectivity index (χ3v) is 2.71. The van der Waals surface area contributed by atoms with Crippen LogP contribution >= 0.6 is 12.6 Å². The fourth-order valence-electron chi connectivity index (χ4n) is 1.64. The van der Waals surface area contributed by atoms with Crippen molar-refractivity contribution in [3.8, 4) is 5.75 Å². The molecule has 0 aromatic heterocycles. The first-order chi connectivity index (χ1) is 7.09. The van der Waals surface area contributed by atoms with Gasteiger partial charge in [0.15, 0.2) is 11.6 Å². The van der Waals surface area contributed by atoms with Crippen molar-refractivity contribution >= 4 is 24.2 Å². The minimum Gasteiger partial charge on any atom is -0.503 e. The van der Waals surface area contributed by atoms with Crippen LogP contribution in [0.2, 0.25) is 0 Å². The topological polar surface area (TPSA) is 40.5 Å². The first-order valence-electron chi connectivity index (χ1n) is 4.55. The number of carbonyl (C=O) groups is 1.